The van der Waals surface area contributed by atoms with Crippen molar-refractivity contribution >= 4 is 43.9 Å². The summed E-state index contributed by atoms with van der Waals surface area (Å²) < 4.78 is 7.95. The Kier molecular flexibility index (Phi) is 11.7. The third-order valence-corrected chi connectivity index (χ3v) is 18.8. The number of thiophene rings is 2. The maximum atomic E-state index is 6.30. The number of hydrogen-bond acceptors (Lipinski definition) is 3. The maximum absolute atomic E-state index is 6.30. The summed E-state index contributed by atoms with van der Waals surface area (Å²) in [5.41, 5.74) is 3.88. The minimum atomic E-state index is -1.99. The molecule has 0 N–H and O–H groups in total. The Labute approximate surface area is 227 Å². The Balaban J connectivity index is 1.52. The molecule has 3 rings (SSSR count). The monoisotopic (exact) mass is 618 g/mol. The van der Waals surface area contributed by atoms with Gasteiger partial charge in [-0.25, -0.2) is 0 Å². The second-order valence-corrected chi connectivity index (χ2v) is 28.6. The van der Waals surface area contributed by atoms with Crippen LogP contribution in [0, 0.1) is 13.8 Å². The molecule has 1 nitrogen and oxygen atoms in total. The van der Waals surface area contributed by atoms with Crippen LogP contribution in [0.25, 0.3) is 20.2 Å². The fourth-order valence-electron chi connectivity index (χ4n) is 4.39. The Morgan fingerprint density at radius 1 is 0.686 bits per heavy atom. The van der Waals surface area contributed by atoms with Gasteiger partial charge in [-0.1, -0.05) is 64.7 Å². The predicted octanol–water partition coefficient (Wildman–Crippen LogP) is 10.6. The van der Waals surface area contributed by atoms with Crippen LogP contribution in [0.5, 0.6) is 5.75 Å². The quantitative estimate of drug-likeness (QED) is 0.122. The van der Waals surface area contributed by atoms with Crippen LogP contribution in [0.4, 0.5) is 0 Å². The van der Waals surface area contributed by atoms with Crippen molar-refractivity contribution < 1.29 is 4.74 Å². The van der Waals surface area contributed by atoms with E-state index < -0.39 is 18.4 Å². The van der Waals surface area contributed by atoms with Crippen LogP contribution in [0.15, 0.2) is 36.4 Å². The van der Waals surface area contributed by atoms with Gasteiger partial charge >= 0.3 is 164 Å². The van der Waals surface area contributed by atoms with E-state index in [1.165, 1.54) is 89.1 Å². The van der Waals surface area contributed by atoms with E-state index in [4.69, 9.17) is 4.74 Å². The summed E-state index contributed by atoms with van der Waals surface area (Å²) in [6, 6.07) is 13.9. The summed E-state index contributed by atoms with van der Waals surface area (Å²) in [7, 11) is 0. The van der Waals surface area contributed by atoms with Crippen molar-refractivity contribution in [1.82, 2.24) is 0 Å². The molecule has 0 saturated carbocycles. The van der Waals surface area contributed by atoms with E-state index in [1.54, 1.807) is 2.89 Å². The van der Waals surface area contributed by atoms with Crippen LogP contribution >= 0.6 is 22.7 Å². The van der Waals surface area contributed by atoms with Gasteiger partial charge in [-0.15, -0.1) is 0 Å². The molecule has 0 radical (unpaired) electrons. The summed E-state index contributed by atoms with van der Waals surface area (Å²) in [5, 5.41) is 0. The SMILES string of the molecule is CCCCCCCCCCCCOc1cc(-c2ccc(-c3cc[c]([Sn]([CH3])([CH3])[CH3])s3)s2)cc(C)c1C. The van der Waals surface area contributed by atoms with Gasteiger partial charge in [-0.2, -0.15) is 0 Å². The normalized spacial score (nSPS) is 11.8. The molecule has 0 amide bonds. The molecule has 0 saturated heterocycles. The number of unbranched alkanes of at least 4 members (excludes halogenated alkanes) is 9. The van der Waals surface area contributed by atoms with Crippen molar-refractivity contribution in [3.63, 3.8) is 0 Å². The zero-order chi connectivity index (χ0) is 25.3. The molecule has 0 atom stereocenters. The number of benzene rings is 1. The van der Waals surface area contributed by atoms with Crippen LogP contribution in [0.1, 0.15) is 82.3 Å². The van der Waals surface area contributed by atoms with E-state index in [0.717, 1.165) is 18.8 Å². The van der Waals surface area contributed by atoms with Gasteiger partial charge in [0.1, 0.15) is 0 Å². The van der Waals surface area contributed by atoms with Gasteiger partial charge in [0.15, 0.2) is 0 Å². The third kappa shape index (κ3) is 8.93. The first-order valence-electron chi connectivity index (χ1n) is 13.7. The molecule has 0 aliphatic heterocycles. The first kappa shape index (κ1) is 28.8. The van der Waals surface area contributed by atoms with Crippen LogP contribution in [-0.2, 0) is 0 Å². The van der Waals surface area contributed by atoms with Crippen LogP contribution in [0.3, 0.4) is 0 Å². The van der Waals surface area contributed by atoms with Crippen LogP contribution in [-0.4, -0.2) is 25.0 Å². The van der Waals surface area contributed by atoms with E-state index in [-0.39, 0.29) is 0 Å². The summed E-state index contributed by atoms with van der Waals surface area (Å²) in [6.07, 6.45) is 13.6. The standard InChI is InChI=1S/C28H37OS2.3CH3.Sn/c1-4-5-6-7-8-9-10-11-12-13-18-29-25-21-24(20-22(2)23(25)3)26-16-17-28(31-26)27-15-14-19-30-27;;;;/h14-17,20-21H,4-13,18H2,1-3H3;3*1H3;. The molecule has 2 heterocycles. The van der Waals surface area contributed by atoms with Crippen molar-refractivity contribution in [2.75, 3.05) is 6.61 Å². The third-order valence-electron chi connectivity index (χ3n) is 6.85. The minimum absolute atomic E-state index is 0.826. The molecule has 35 heavy (non-hydrogen) atoms. The number of ether oxygens (including phenoxy) is 1. The topological polar surface area (TPSA) is 9.23 Å². The van der Waals surface area contributed by atoms with E-state index in [2.05, 4.69) is 72.0 Å². The summed E-state index contributed by atoms with van der Waals surface area (Å²) >= 11 is 1.93. The van der Waals surface area contributed by atoms with E-state index in [0.29, 0.717) is 0 Å². The zero-order valence-electron chi connectivity index (χ0n) is 23.0. The molecule has 192 valence electrons. The first-order valence-corrected chi connectivity index (χ1v) is 25.4. The van der Waals surface area contributed by atoms with Gasteiger partial charge in [0, 0.05) is 0 Å². The molecule has 0 aliphatic rings. The number of hydrogen-bond donors (Lipinski definition) is 0. The molecule has 4 heteroatoms. The molecule has 0 bridgehead atoms. The fourth-order valence-corrected chi connectivity index (χ4v) is 11.8. The van der Waals surface area contributed by atoms with E-state index in [1.807, 2.05) is 22.7 Å². The molecule has 3 aromatic rings. The molecule has 0 fully saturated rings. The molecule has 0 unspecified atom stereocenters. The average molecular weight is 618 g/mol. The molecule has 0 spiro atoms. The van der Waals surface area contributed by atoms with Crippen molar-refractivity contribution in [3.05, 3.63) is 47.5 Å². The second kappa shape index (κ2) is 14.2. The summed E-state index contributed by atoms with van der Waals surface area (Å²) in [5.74, 6) is 1.06. The molecular formula is C31H46OS2Sn. The summed E-state index contributed by atoms with van der Waals surface area (Å²) in [4.78, 5) is 11.6. The van der Waals surface area contributed by atoms with Crippen molar-refractivity contribution in [2.45, 2.75) is 99.8 Å². The van der Waals surface area contributed by atoms with Crippen molar-refractivity contribution in [2.24, 2.45) is 0 Å². The number of aryl methyl sites for hydroxylation is 1. The fraction of sp³-hybridized carbons (Fsp3) is 0.548. The zero-order valence-corrected chi connectivity index (χ0v) is 27.5. The van der Waals surface area contributed by atoms with E-state index in [9.17, 15) is 0 Å². The van der Waals surface area contributed by atoms with Gasteiger partial charge in [-0.3, -0.25) is 0 Å². The van der Waals surface area contributed by atoms with Crippen LogP contribution < -0.4 is 7.63 Å². The van der Waals surface area contributed by atoms with Gasteiger partial charge in [0.2, 0.25) is 0 Å². The molecule has 0 aliphatic carbocycles. The first-order chi connectivity index (χ1) is 16.8. The van der Waals surface area contributed by atoms with Gasteiger partial charge in [-0.05, 0) is 0 Å². The van der Waals surface area contributed by atoms with E-state index >= 15 is 0 Å². The average Bonchev–Trinajstić information content (AvgIpc) is 3.50. The number of rotatable bonds is 15. The molecule has 2 aromatic heterocycles. The predicted molar refractivity (Wildman–Crippen MR) is 163 cm³/mol. The van der Waals surface area contributed by atoms with Crippen molar-refractivity contribution in [3.8, 4) is 25.9 Å². The molecule has 1 aromatic carbocycles. The van der Waals surface area contributed by atoms with Gasteiger partial charge in [0.25, 0.3) is 0 Å². The van der Waals surface area contributed by atoms with Crippen LogP contribution in [0.2, 0.25) is 14.8 Å². The Morgan fingerprint density at radius 2 is 1.26 bits per heavy atom. The van der Waals surface area contributed by atoms with Crippen molar-refractivity contribution in [1.29, 1.82) is 0 Å². The Morgan fingerprint density at radius 3 is 1.89 bits per heavy atom. The Bertz CT molecular complexity index is 1040. The molecular weight excluding hydrogens is 571 g/mol. The Hall–Kier alpha value is -0.781. The van der Waals surface area contributed by atoms with Gasteiger partial charge < -0.3 is 0 Å². The van der Waals surface area contributed by atoms with Gasteiger partial charge in [0.05, 0.1) is 0 Å². The summed E-state index contributed by atoms with van der Waals surface area (Å²) in [6.45, 7) is 7.52. The second-order valence-electron chi connectivity index (χ2n) is 11.0.